The number of carbonyl (C=O) groups excluding carboxylic acids is 2. The average Bonchev–Trinajstić information content (AvgIpc) is 2.79. The molecular weight excluding hydrogens is 367 g/mol. The van der Waals surface area contributed by atoms with Gasteiger partial charge in [-0.3, -0.25) is 9.59 Å². The summed E-state index contributed by atoms with van der Waals surface area (Å²) in [6.07, 6.45) is 0. The van der Waals surface area contributed by atoms with E-state index in [0.29, 0.717) is 42.9 Å². The van der Waals surface area contributed by atoms with Crippen LogP contribution in [0.25, 0.3) is 0 Å². The molecule has 4 nitrogen and oxygen atoms in total. The van der Waals surface area contributed by atoms with Crippen LogP contribution in [0.3, 0.4) is 0 Å². The zero-order valence-corrected chi connectivity index (χ0v) is 15.9. The molecule has 5 heteroatoms. The zero-order valence-electron chi connectivity index (χ0n) is 15.9. The Labute approximate surface area is 169 Å². The molecule has 0 spiro atoms. The first-order chi connectivity index (χ1) is 14.1. The summed E-state index contributed by atoms with van der Waals surface area (Å²) in [4.78, 5) is 29.3. The van der Waals surface area contributed by atoms with Crippen molar-refractivity contribution in [1.29, 1.82) is 0 Å². The van der Waals surface area contributed by atoms with Gasteiger partial charge in [-0.15, -0.1) is 0 Å². The molecule has 3 aromatic carbocycles. The van der Waals surface area contributed by atoms with Crippen molar-refractivity contribution in [1.82, 2.24) is 4.90 Å². The van der Waals surface area contributed by atoms with Crippen molar-refractivity contribution in [3.8, 4) is 0 Å². The van der Waals surface area contributed by atoms with E-state index >= 15 is 0 Å². The Balaban J connectivity index is 1.39. The molecule has 1 fully saturated rings. The molecule has 146 valence electrons. The zero-order chi connectivity index (χ0) is 20.2. The number of anilines is 1. The lowest BCUT2D eigenvalue weighted by atomic mass is 10.0. The van der Waals surface area contributed by atoms with Crippen LogP contribution in [0.15, 0.2) is 78.9 Å². The highest BCUT2D eigenvalue weighted by Gasteiger charge is 2.22. The third kappa shape index (κ3) is 4.19. The smallest absolute Gasteiger partial charge is 0.253 e. The molecule has 29 heavy (non-hydrogen) atoms. The van der Waals surface area contributed by atoms with E-state index in [4.69, 9.17) is 0 Å². The Bertz CT molecular complexity index is 993. The summed E-state index contributed by atoms with van der Waals surface area (Å²) in [7, 11) is 0. The van der Waals surface area contributed by atoms with Crippen LogP contribution < -0.4 is 4.90 Å². The van der Waals surface area contributed by atoms with Gasteiger partial charge in [0.2, 0.25) is 0 Å². The summed E-state index contributed by atoms with van der Waals surface area (Å²) < 4.78 is 13.1. The minimum absolute atomic E-state index is 0.0394. The third-order valence-electron chi connectivity index (χ3n) is 5.19. The molecule has 0 aromatic heterocycles. The standard InChI is InChI=1S/C24H21FN2O2/c25-21-10-12-22(13-11-21)26-14-16-27(17-15-26)24(29)20-8-6-19(7-9-20)23(28)18-4-2-1-3-5-18/h1-13H,14-17H2. The minimum Gasteiger partial charge on any atom is -0.368 e. The number of halogens is 1. The monoisotopic (exact) mass is 388 g/mol. The Kier molecular flexibility index (Phi) is 5.38. The summed E-state index contributed by atoms with van der Waals surface area (Å²) in [6, 6.07) is 22.3. The molecule has 1 aliphatic rings. The fourth-order valence-corrected chi connectivity index (χ4v) is 3.52. The maximum atomic E-state index is 13.1. The van der Waals surface area contributed by atoms with Crippen LogP contribution in [0.4, 0.5) is 10.1 Å². The Morgan fingerprint density at radius 2 is 1.21 bits per heavy atom. The summed E-state index contributed by atoms with van der Waals surface area (Å²) in [5, 5.41) is 0. The second-order valence-electron chi connectivity index (χ2n) is 7.03. The highest BCUT2D eigenvalue weighted by molar-refractivity contribution is 6.09. The Hall–Kier alpha value is -3.47. The molecule has 0 radical (unpaired) electrons. The molecule has 1 amide bonds. The number of hydrogen-bond donors (Lipinski definition) is 0. The van der Waals surface area contributed by atoms with Crippen LogP contribution in [0.2, 0.25) is 0 Å². The Morgan fingerprint density at radius 1 is 0.655 bits per heavy atom. The van der Waals surface area contributed by atoms with Gasteiger partial charge in [-0.2, -0.15) is 0 Å². The van der Waals surface area contributed by atoms with Crippen LogP contribution in [0, 0.1) is 5.82 Å². The molecule has 0 aliphatic carbocycles. The van der Waals surface area contributed by atoms with Crippen molar-refractivity contribution in [2.24, 2.45) is 0 Å². The van der Waals surface area contributed by atoms with E-state index in [9.17, 15) is 14.0 Å². The van der Waals surface area contributed by atoms with Gasteiger partial charge < -0.3 is 9.80 Å². The summed E-state index contributed by atoms with van der Waals surface area (Å²) in [5.74, 6) is -0.350. The average molecular weight is 388 g/mol. The van der Waals surface area contributed by atoms with Crippen LogP contribution in [-0.4, -0.2) is 42.8 Å². The number of hydrogen-bond acceptors (Lipinski definition) is 3. The highest BCUT2D eigenvalue weighted by Crippen LogP contribution is 2.18. The van der Waals surface area contributed by atoms with E-state index in [1.54, 1.807) is 48.5 Å². The van der Waals surface area contributed by atoms with Crippen LogP contribution in [0.5, 0.6) is 0 Å². The summed E-state index contributed by atoms with van der Waals surface area (Å²) in [6.45, 7) is 2.59. The molecule has 1 aliphatic heterocycles. The first-order valence-electron chi connectivity index (χ1n) is 9.61. The van der Waals surface area contributed by atoms with Crippen molar-refractivity contribution in [2.75, 3.05) is 31.1 Å². The molecule has 4 rings (SSSR count). The molecular formula is C24H21FN2O2. The van der Waals surface area contributed by atoms with Gasteiger partial charge in [0.25, 0.3) is 5.91 Å². The first-order valence-corrected chi connectivity index (χ1v) is 9.61. The van der Waals surface area contributed by atoms with Crippen molar-refractivity contribution >= 4 is 17.4 Å². The SMILES string of the molecule is O=C(c1ccccc1)c1ccc(C(=O)N2CCN(c3ccc(F)cc3)CC2)cc1. The highest BCUT2D eigenvalue weighted by atomic mass is 19.1. The fraction of sp³-hybridized carbons (Fsp3) is 0.167. The van der Waals surface area contributed by atoms with Gasteiger partial charge in [-0.05, 0) is 36.4 Å². The number of ketones is 1. The molecule has 0 N–H and O–H groups in total. The van der Waals surface area contributed by atoms with Gasteiger partial charge in [-0.25, -0.2) is 4.39 Å². The quantitative estimate of drug-likeness (QED) is 0.634. The van der Waals surface area contributed by atoms with Crippen LogP contribution >= 0.6 is 0 Å². The van der Waals surface area contributed by atoms with Crippen LogP contribution in [0.1, 0.15) is 26.3 Å². The van der Waals surface area contributed by atoms with Gasteiger partial charge in [0.15, 0.2) is 5.78 Å². The van der Waals surface area contributed by atoms with E-state index in [1.807, 2.05) is 23.1 Å². The Morgan fingerprint density at radius 3 is 1.83 bits per heavy atom. The second-order valence-corrected chi connectivity index (χ2v) is 7.03. The lowest BCUT2D eigenvalue weighted by molar-refractivity contribution is 0.0746. The van der Waals surface area contributed by atoms with E-state index in [2.05, 4.69) is 4.90 Å². The number of rotatable bonds is 4. The van der Waals surface area contributed by atoms with E-state index < -0.39 is 0 Å². The first kappa shape index (κ1) is 18.9. The molecule has 3 aromatic rings. The number of amides is 1. The van der Waals surface area contributed by atoms with E-state index in [-0.39, 0.29) is 17.5 Å². The summed E-state index contributed by atoms with van der Waals surface area (Å²) in [5.41, 5.74) is 2.73. The van der Waals surface area contributed by atoms with Crippen LogP contribution in [-0.2, 0) is 0 Å². The van der Waals surface area contributed by atoms with Crippen molar-refractivity contribution in [3.05, 3.63) is 101 Å². The van der Waals surface area contributed by atoms with E-state index in [0.717, 1.165) is 5.69 Å². The van der Waals surface area contributed by atoms with E-state index in [1.165, 1.54) is 12.1 Å². The largest absolute Gasteiger partial charge is 0.368 e. The number of nitrogens with zero attached hydrogens (tertiary/aromatic N) is 2. The molecule has 1 heterocycles. The van der Waals surface area contributed by atoms with Gasteiger partial charge >= 0.3 is 0 Å². The van der Waals surface area contributed by atoms with Crippen molar-refractivity contribution in [3.63, 3.8) is 0 Å². The van der Waals surface area contributed by atoms with Gasteiger partial charge in [0, 0.05) is 48.6 Å². The number of benzene rings is 3. The maximum absolute atomic E-state index is 13.1. The second kappa shape index (κ2) is 8.27. The fourth-order valence-electron chi connectivity index (χ4n) is 3.52. The normalized spacial score (nSPS) is 14.0. The maximum Gasteiger partial charge on any atom is 0.253 e. The lowest BCUT2D eigenvalue weighted by Gasteiger charge is -2.36. The van der Waals surface area contributed by atoms with Crippen molar-refractivity contribution < 1.29 is 14.0 Å². The molecule has 0 saturated carbocycles. The number of piperazine rings is 1. The predicted octanol–water partition coefficient (Wildman–Crippen LogP) is 4.02. The molecule has 1 saturated heterocycles. The minimum atomic E-state index is -0.253. The molecule has 0 bridgehead atoms. The van der Waals surface area contributed by atoms with Gasteiger partial charge in [-0.1, -0.05) is 42.5 Å². The lowest BCUT2D eigenvalue weighted by Crippen LogP contribution is -2.48. The van der Waals surface area contributed by atoms with Gasteiger partial charge in [0.1, 0.15) is 5.82 Å². The predicted molar refractivity (Wildman–Crippen MR) is 111 cm³/mol. The molecule has 0 atom stereocenters. The van der Waals surface area contributed by atoms with Gasteiger partial charge in [0.05, 0.1) is 0 Å². The topological polar surface area (TPSA) is 40.6 Å². The third-order valence-corrected chi connectivity index (χ3v) is 5.19. The van der Waals surface area contributed by atoms with Crippen molar-refractivity contribution in [2.45, 2.75) is 0 Å². The number of carbonyl (C=O) groups is 2. The summed E-state index contributed by atoms with van der Waals surface area (Å²) >= 11 is 0. The molecule has 0 unspecified atom stereocenters.